The van der Waals surface area contributed by atoms with Crippen molar-refractivity contribution in [2.45, 2.75) is 25.5 Å². The maximum absolute atomic E-state index is 10.1. The fraction of sp³-hybridized carbons (Fsp3) is 0.294. The van der Waals surface area contributed by atoms with Crippen LogP contribution in [-0.2, 0) is 6.42 Å². The minimum absolute atomic E-state index is 0.184. The minimum atomic E-state index is -0.727. The molecule has 0 aliphatic rings. The molecule has 4 heteroatoms. The van der Waals surface area contributed by atoms with Gasteiger partial charge in [0.25, 0.3) is 0 Å². The maximum atomic E-state index is 10.1. The number of benzene rings is 2. The molecule has 0 bridgehead atoms. The number of aliphatic hydroxyl groups is 1. The molecule has 0 radical (unpaired) electrons. The Balaban J connectivity index is 1.85. The fourth-order valence-electron chi connectivity index (χ4n) is 2.22. The van der Waals surface area contributed by atoms with Crippen molar-refractivity contribution in [2.75, 3.05) is 6.54 Å². The average molecular weight is 287 g/mol. The van der Waals surface area contributed by atoms with E-state index in [0.717, 1.165) is 6.42 Å². The van der Waals surface area contributed by atoms with Gasteiger partial charge >= 0.3 is 0 Å². The molecular formula is C17H21NO3. The van der Waals surface area contributed by atoms with Crippen molar-refractivity contribution in [3.8, 4) is 11.5 Å². The molecule has 2 aromatic carbocycles. The molecule has 21 heavy (non-hydrogen) atoms. The Hall–Kier alpha value is -2.04. The third-order valence-corrected chi connectivity index (χ3v) is 3.43. The second-order valence-corrected chi connectivity index (χ2v) is 5.26. The Kier molecular flexibility index (Phi) is 5.20. The summed E-state index contributed by atoms with van der Waals surface area (Å²) in [5.41, 5.74) is 1.82. The Labute approximate surface area is 124 Å². The summed E-state index contributed by atoms with van der Waals surface area (Å²) in [5.74, 6) is -0.403. The molecule has 0 amide bonds. The van der Waals surface area contributed by atoms with E-state index in [0.29, 0.717) is 12.1 Å². The van der Waals surface area contributed by atoms with Crippen molar-refractivity contribution in [3.05, 3.63) is 59.7 Å². The standard InChI is InChI=1S/C17H21NO3/c1-12(9-13-5-3-2-4-6-13)18-11-17(21)14-7-8-15(19)16(20)10-14/h2-8,10,12,17-21H,9,11H2,1H3/t12?,17-/m0/s1. The van der Waals surface area contributed by atoms with E-state index in [1.807, 2.05) is 18.2 Å². The van der Waals surface area contributed by atoms with E-state index in [4.69, 9.17) is 0 Å². The lowest BCUT2D eigenvalue weighted by molar-refractivity contribution is 0.170. The van der Waals surface area contributed by atoms with Crippen LogP contribution in [0.4, 0.5) is 0 Å². The summed E-state index contributed by atoms with van der Waals surface area (Å²) in [7, 11) is 0. The van der Waals surface area contributed by atoms with Gasteiger partial charge in [0, 0.05) is 12.6 Å². The highest BCUT2D eigenvalue weighted by Gasteiger charge is 2.11. The van der Waals surface area contributed by atoms with E-state index in [1.54, 1.807) is 6.07 Å². The smallest absolute Gasteiger partial charge is 0.157 e. The van der Waals surface area contributed by atoms with Gasteiger partial charge in [0.2, 0.25) is 0 Å². The first-order valence-corrected chi connectivity index (χ1v) is 7.03. The summed E-state index contributed by atoms with van der Waals surface area (Å²) in [5, 5.41) is 32.1. The van der Waals surface area contributed by atoms with Crippen LogP contribution in [0.5, 0.6) is 11.5 Å². The molecule has 2 aromatic rings. The Morgan fingerprint density at radius 3 is 2.38 bits per heavy atom. The molecular weight excluding hydrogens is 266 g/mol. The van der Waals surface area contributed by atoms with Gasteiger partial charge in [0.05, 0.1) is 6.10 Å². The van der Waals surface area contributed by atoms with E-state index in [9.17, 15) is 15.3 Å². The predicted octanol–water partition coefficient (Wildman–Crippen LogP) is 2.35. The van der Waals surface area contributed by atoms with Gasteiger partial charge in [0.1, 0.15) is 0 Å². The highest BCUT2D eigenvalue weighted by Crippen LogP contribution is 2.27. The lowest BCUT2D eigenvalue weighted by atomic mass is 10.1. The van der Waals surface area contributed by atoms with Crippen LogP contribution in [0.3, 0.4) is 0 Å². The maximum Gasteiger partial charge on any atom is 0.157 e. The summed E-state index contributed by atoms with van der Waals surface area (Å²) < 4.78 is 0. The van der Waals surface area contributed by atoms with Crippen molar-refractivity contribution in [3.63, 3.8) is 0 Å². The number of aromatic hydroxyl groups is 2. The van der Waals surface area contributed by atoms with Gasteiger partial charge in [-0.25, -0.2) is 0 Å². The quantitative estimate of drug-likeness (QED) is 0.615. The third kappa shape index (κ3) is 4.48. The van der Waals surface area contributed by atoms with Gasteiger partial charge in [-0.05, 0) is 36.6 Å². The van der Waals surface area contributed by atoms with Gasteiger partial charge in [-0.15, -0.1) is 0 Å². The Bertz CT molecular complexity index is 572. The molecule has 4 nitrogen and oxygen atoms in total. The van der Waals surface area contributed by atoms with Crippen molar-refractivity contribution in [1.82, 2.24) is 5.32 Å². The zero-order valence-corrected chi connectivity index (χ0v) is 12.0. The average Bonchev–Trinajstić information content (AvgIpc) is 2.48. The first-order valence-electron chi connectivity index (χ1n) is 7.03. The fourth-order valence-corrected chi connectivity index (χ4v) is 2.22. The SMILES string of the molecule is CC(Cc1ccccc1)NC[C@H](O)c1ccc(O)c(O)c1. The predicted molar refractivity (Wildman–Crippen MR) is 82.3 cm³/mol. The summed E-state index contributed by atoms with van der Waals surface area (Å²) in [6.07, 6.45) is 0.156. The van der Waals surface area contributed by atoms with Gasteiger partial charge in [0.15, 0.2) is 11.5 Å². The lowest BCUT2D eigenvalue weighted by Crippen LogP contribution is -2.32. The van der Waals surface area contributed by atoms with Crippen LogP contribution in [0.25, 0.3) is 0 Å². The molecule has 0 saturated carbocycles. The molecule has 0 fully saturated rings. The molecule has 2 atom stereocenters. The second kappa shape index (κ2) is 7.11. The molecule has 0 saturated heterocycles. The number of phenols is 2. The van der Waals surface area contributed by atoms with Crippen molar-refractivity contribution in [2.24, 2.45) is 0 Å². The first kappa shape index (κ1) is 15.4. The molecule has 2 rings (SSSR count). The number of hydrogen-bond acceptors (Lipinski definition) is 4. The number of aliphatic hydroxyl groups excluding tert-OH is 1. The van der Waals surface area contributed by atoms with E-state index >= 15 is 0 Å². The van der Waals surface area contributed by atoms with Crippen LogP contribution in [0.15, 0.2) is 48.5 Å². The van der Waals surface area contributed by atoms with Crippen LogP contribution in [0.2, 0.25) is 0 Å². The number of phenolic OH excluding ortho intramolecular Hbond substituents is 2. The van der Waals surface area contributed by atoms with Gasteiger partial charge in [-0.3, -0.25) is 0 Å². The monoisotopic (exact) mass is 287 g/mol. The molecule has 4 N–H and O–H groups in total. The number of rotatable bonds is 6. The zero-order valence-electron chi connectivity index (χ0n) is 12.0. The largest absolute Gasteiger partial charge is 0.504 e. The highest BCUT2D eigenvalue weighted by atomic mass is 16.3. The summed E-state index contributed by atoms with van der Waals surface area (Å²) in [6.45, 7) is 2.45. The van der Waals surface area contributed by atoms with Crippen molar-refractivity contribution < 1.29 is 15.3 Å². The van der Waals surface area contributed by atoms with Crippen LogP contribution >= 0.6 is 0 Å². The molecule has 0 aliphatic carbocycles. The minimum Gasteiger partial charge on any atom is -0.504 e. The number of nitrogens with one attached hydrogen (secondary N) is 1. The molecule has 112 valence electrons. The highest BCUT2D eigenvalue weighted by molar-refractivity contribution is 5.41. The molecule has 0 aliphatic heterocycles. The summed E-state index contributed by atoms with van der Waals surface area (Å²) in [4.78, 5) is 0. The molecule has 0 spiro atoms. The van der Waals surface area contributed by atoms with E-state index < -0.39 is 6.10 Å². The molecule has 0 heterocycles. The second-order valence-electron chi connectivity index (χ2n) is 5.26. The van der Waals surface area contributed by atoms with Gasteiger partial charge < -0.3 is 20.6 Å². The molecule has 1 unspecified atom stereocenters. The first-order chi connectivity index (χ1) is 10.1. The van der Waals surface area contributed by atoms with Gasteiger partial charge in [-0.2, -0.15) is 0 Å². The number of hydrogen-bond donors (Lipinski definition) is 4. The van der Waals surface area contributed by atoms with Crippen LogP contribution in [0, 0.1) is 0 Å². The zero-order chi connectivity index (χ0) is 15.2. The van der Waals surface area contributed by atoms with Gasteiger partial charge in [-0.1, -0.05) is 36.4 Å². The van der Waals surface area contributed by atoms with E-state index in [-0.39, 0.29) is 17.5 Å². The summed E-state index contributed by atoms with van der Waals surface area (Å²) >= 11 is 0. The normalized spacial score (nSPS) is 13.8. The Morgan fingerprint density at radius 1 is 1.00 bits per heavy atom. The lowest BCUT2D eigenvalue weighted by Gasteiger charge is -2.18. The molecule has 0 aromatic heterocycles. The third-order valence-electron chi connectivity index (χ3n) is 3.43. The van der Waals surface area contributed by atoms with Crippen LogP contribution < -0.4 is 5.32 Å². The topological polar surface area (TPSA) is 72.7 Å². The van der Waals surface area contributed by atoms with Crippen molar-refractivity contribution in [1.29, 1.82) is 0 Å². The van der Waals surface area contributed by atoms with Crippen LogP contribution in [0.1, 0.15) is 24.2 Å². The van der Waals surface area contributed by atoms with Crippen molar-refractivity contribution >= 4 is 0 Å². The summed E-state index contributed by atoms with van der Waals surface area (Å²) in [6, 6.07) is 14.7. The van der Waals surface area contributed by atoms with Crippen LogP contribution in [-0.4, -0.2) is 27.9 Å². The van der Waals surface area contributed by atoms with E-state index in [2.05, 4.69) is 24.4 Å². The Morgan fingerprint density at radius 2 is 1.71 bits per heavy atom. The van der Waals surface area contributed by atoms with E-state index in [1.165, 1.54) is 17.7 Å².